The number of carbonyl (C=O) groups is 1. The standard InChI is InChI=1S/C12H24N2OS/c1-2-16-11-5-7-13-8-6-12(15)14-9-3-4-10-14/h13H,2-11H2,1H3. The van der Waals surface area contributed by atoms with E-state index in [0.29, 0.717) is 12.3 Å². The summed E-state index contributed by atoms with van der Waals surface area (Å²) >= 11 is 1.98. The van der Waals surface area contributed by atoms with Crippen LogP contribution < -0.4 is 5.32 Å². The zero-order valence-corrected chi connectivity index (χ0v) is 11.2. The molecule has 0 aliphatic carbocycles. The lowest BCUT2D eigenvalue weighted by Gasteiger charge is -2.15. The van der Waals surface area contributed by atoms with Gasteiger partial charge in [0.1, 0.15) is 0 Å². The number of likely N-dealkylation sites (tertiary alicyclic amines) is 1. The first-order valence-electron chi connectivity index (χ1n) is 6.41. The SMILES string of the molecule is CCSCCCNCCC(=O)N1CCCC1. The molecule has 4 heteroatoms. The van der Waals surface area contributed by atoms with Gasteiger partial charge in [-0.3, -0.25) is 4.79 Å². The summed E-state index contributed by atoms with van der Waals surface area (Å²) in [5, 5.41) is 3.34. The Balaban J connectivity index is 1.88. The van der Waals surface area contributed by atoms with Crippen molar-refractivity contribution in [3.8, 4) is 0 Å². The molecular weight excluding hydrogens is 220 g/mol. The molecule has 16 heavy (non-hydrogen) atoms. The van der Waals surface area contributed by atoms with Gasteiger partial charge in [-0.15, -0.1) is 0 Å². The Bertz CT molecular complexity index is 193. The van der Waals surface area contributed by atoms with Crippen molar-refractivity contribution in [2.75, 3.05) is 37.7 Å². The Morgan fingerprint density at radius 2 is 2.06 bits per heavy atom. The monoisotopic (exact) mass is 244 g/mol. The van der Waals surface area contributed by atoms with Crippen LogP contribution in [0.2, 0.25) is 0 Å². The van der Waals surface area contributed by atoms with E-state index in [4.69, 9.17) is 0 Å². The first-order valence-corrected chi connectivity index (χ1v) is 7.56. The molecule has 3 nitrogen and oxygen atoms in total. The lowest BCUT2D eigenvalue weighted by molar-refractivity contribution is -0.130. The molecule has 0 atom stereocenters. The molecule has 0 unspecified atom stereocenters. The van der Waals surface area contributed by atoms with Gasteiger partial charge in [0.25, 0.3) is 0 Å². The van der Waals surface area contributed by atoms with Crippen molar-refractivity contribution in [2.45, 2.75) is 32.6 Å². The lowest BCUT2D eigenvalue weighted by atomic mass is 10.3. The van der Waals surface area contributed by atoms with E-state index < -0.39 is 0 Å². The van der Waals surface area contributed by atoms with E-state index in [1.54, 1.807) is 0 Å². The van der Waals surface area contributed by atoms with E-state index in [-0.39, 0.29) is 0 Å². The summed E-state index contributed by atoms with van der Waals surface area (Å²) < 4.78 is 0. The largest absolute Gasteiger partial charge is 0.343 e. The molecule has 1 N–H and O–H groups in total. The average molecular weight is 244 g/mol. The Morgan fingerprint density at radius 1 is 1.31 bits per heavy atom. The third-order valence-corrected chi connectivity index (χ3v) is 3.81. The van der Waals surface area contributed by atoms with E-state index in [2.05, 4.69) is 12.2 Å². The van der Waals surface area contributed by atoms with Gasteiger partial charge in [-0.2, -0.15) is 11.8 Å². The maximum Gasteiger partial charge on any atom is 0.223 e. The van der Waals surface area contributed by atoms with Crippen LogP contribution in [-0.2, 0) is 4.79 Å². The Morgan fingerprint density at radius 3 is 2.75 bits per heavy atom. The molecule has 0 spiro atoms. The molecule has 0 aromatic rings. The van der Waals surface area contributed by atoms with Crippen molar-refractivity contribution >= 4 is 17.7 Å². The van der Waals surface area contributed by atoms with E-state index in [1.165, 1.54) is 30.8 Å². The third-order valence-electron chi connectivity index (χ3n) is 2.82. The van der Waals surface area contributed by atoms with Gasteiger partial charge in [0.05, 0.1) is 0 Å². The van der Waals surface area contributed by atoms with Crippen molar-refractivity contribution < 1.29 is 4.79 Å². The van der Waals surface area contributed by atoms with Crippen LogP contribution in [0, 0.1) is 0 Å². The average Bonchev–Trinajstić information content (AvgIpc) is 2.81. The van der Waals surface area contributed by atoms with Crippen LogP contribution >= 0.6 is 11.8 Å². The number of thioether (sulfide) groups is 1. The summed E-state index contributed by atoms with van der Waals surface area (Å²) in [7, 11) is 0. The summed E-state index contributed by atoms with van der Waals surface area (Å²) in [5.74, 6) is 2.75. The summed E-state index contributed by atoms with van der Waals surface area (Å²) in [6, 6.07) is 0. The van der Waals surface area contributed by atoms with E-state index in [9.17, 15) is 4.79 Å². The van der Waals surface area contributed by atoms with E-state index in [0.717, 1.165) is 26.2 Å². The Labute approximate surface area is 103 Å². The van der Waals surface area contributed by atoms with Gasteiger partial charge in [-0.1, -0.05) is 6.92 Å². The van der Waals surface area contributed by atoms with Crippen LogP contribution in [-0.4, -0.2) is 48.5 Å². The van der Waals surface area contributed by atoms with E-state index in [1.807, 2.05) is 16.7 Å². The van der Waals surface area contributed by atoms with Crippen LogP contribution in [0.25, 0.3) is 0 Å². The topological polar surface area (TPSA) is 32.3 Å². The molecule has 0 aromatic heterocycles. The molecular formula is C12H24N2OS. The lowest BCUT2D eigenvalue weighted by Crippen LogP contribution is -2.31. The summed E-state index contributed by atoms with van der Waals surface area (Å²) in [6.45, 7) is 6.02. The normalized spacial score (nSPS) is 15.7. The first kappa shape index (κ1) is 13.8. The van der Waals surface area contributed by atoms with Crippen LogP contribution in [0.15, 0.2) is 0 Å². The summed E-state index contributed by atoms with van der Waals surface area (Å²) in [5.41, 5.74) is 0. The van der Waals surface area contributed by atoms with Gasteiger partial charge >= 0.3 is 0 Å². The molecule has 0 aromatic carbocycles. The number of hydrogen-bond acceptors (Lipinski definition) is 3. The number of nitrogens with one attached hydrogen (secondary N) is 1. The van der Waals surface area contributed by atoms with Crippen LogP contribution in [0.5, 0.6) is 0 Å². The second-order valence-corrected chi connectivity index (χ2v) is 5.53. The highest BCUT2D eigenvalue weighted by Crippen LogP contribution is 2.08. The Kier molecular flexibility index (Phi) is 7.68. The van der Waals surface area contributed by atoms with E-state index >= 15 is 0 Å². The maximum atomic E-state index is 11.7. The molecule has 1 fully saturated rings. The molecule has 1 rings (SSSR count). The molecule has 1 saturated heterocycles. The summed E-state index contributed by atoms with van der Waals surface area (Å²) in [6.07, 6.45) is 4.25. The van der Waals surface area contributed by atoms with Gasteiger partial charge in [0.15, 0.2) is 0 Å². The van der Waals surface area contributed by atoms with Gasteiger partial charge in [-0.25, -0.2) is 0 Å². The first-order chi connectivity index (χ1) is 7.84. The quantitative estimate of drug-likeness (QED) is 0.660. The third kappa shape index (κ3) is 5.75. The van der Waals surface area contributed by atoms with Crippen LogP contribution in [0.1, 0.15) is 32.6 Å². The highest BCUT2D eigenvalue weighted by molar-refractivity contribution is 7.99. The van der Waals surface area contributed by atoms with Crippen LogP contribution in [0.4, 0.5) is 0 Å². The molecule has 0 radical (unpaired) electrons. The van der Waals surface area contributed by atoms with Crippen LogP contribution in [0.3, 0.4) is 0 Å². The zero-order valence-electron chi connectivity index (χ0n) is 10.3. The minimum atomic E-state index is 0.327. The fourth-order valence-electron chi connectivity index (χ4n) is 1.89. The molecule has 1 aliphatic rings. The molecule has 94 valence electrons. The second-order valence-electron chi connectivity index (χ2n) is 4.14. The fraction of sp³-hybridized carbons (Fsp3) is 0.917. The Hall–Kier alpha value is -0.220. The molecule has 1 amide bonds. The van der Waals surface area contributed by atoms with Gasteiger partial charge in [0, 0.05) is 26.1 Å². The van der Waals surface area contributed by atoms with Crippen molar-refractivity contribution in [3.05, 3.63) is 0 Å². The minimum Gasteiger partial charge on any atom is -0.343 e. The van der Waals surface area contributed by atoms with Gasteiger partial charge < -0.3 is 10.2 Å². The van der Waals surface area contributed by atoms with Gasteiger partial charge in [0.2, 0.25) is 5.91 Å². The highest BCUT2D eigenvalue weighted by atomic mass is 32.2. The van der Waals surface area contributed by atoms with Crippen molar-refractivity contribution in [3.63, 3.8) is 0 Å². The number of nitrogens with zero attached hydrogens (tertiary/aromatic N) is 1. The number of hydrogen-bond donors (Lipinski definition) is 1. The zero-order chi connectivity index (χ0) is 11.6. The fourth-order valence-corrected chi connectivity index (χ4v) is 2.53. The predicted octanol–water partition coefficient (Wildman–Crippen LogP) is 1.73. The molecule has 1 aliphatic heterocycles. The summed E-state index contributed by atoms with van der Waals surface area (Å²) in [4.78, 5) is 13.7. The number of rotatable bonds is 8. The number of carbonyl (C=O) groups excluding carboxylic acids is 1. The predicted molar refractivity (Wildman–Crippen MR) is 70.9 cm³/mol. The number of amides is 1. The minimum absolute atomic E-state index is 0.327. The molecule has 1 heterocycles. The molecule has 0 saturated carbocycles. The molecule has 0 bridgehead atoms. The second kappa shape index (κ2) is 8.88. The van der Waals surface area contributed by atoms with Crippen molar-refractivity contribution in [1.82, 2.24) is 10.2 Å². The van der Waals surface area contributed by atoms with Crippen molar-refractivity contribution in [2.24, 2.45) is 0 Å². The maximum absolute atomic E-state index is 11.7. The van der Waals surface area contributed by atoms with Gasteiger partial charge in [-0.05, 0) is 37.3 Å². The highest BCUT2D eigenvalue weighted by Gasteiger charge is 2.16. The van der Waals surface area contributed by atoms with Crippen molar-refractivity contribution in [1.29, 1.82) is 0 Å². The smallest absolute Gasteiger partial charge is 0.223 e.